The molecule has 0 N–H and O–H groups in total. The Hall–Kier alpha value is -0.0800. The molecule has 0 aromatic heterocycles. The maximum absolute atomic E-state index is 12.7. The normalized spacial score (nSPS) is 10.0. The molecule has 0 radical (unpaired) electrons. The molecule has 1 aromatic carbocycles. The zero-order valence-electron chi connectivity index (χ0n) is 5.29. The Balaban J connectivity index is 3.28. The highest BCUT2D eigenvalue weighted by Gasteiger charge is 2.01. The van der Waals surface area contributed by atoms with Crippen LogP contribution in [0.2, 0.25) is 5.02 Å². The van der Waals surface area contributed by atoms with Crippen LogP contribution in [0, 0.1) is 12.7 Å². The Morgan fingerprint density at radius 3 is 2.60 bits per heavy atom. The summed E-state index contributed by atoms with van der Waals surface area (Å²) in [5.74, 6) is -0.240. The van der Waals surface area contributed by atoms with Crippen molar-refractivity contribution in [2.75, 3.05) is 0 Å². The highest BCUT2D eigenvalue weighted by Crippen LogP contribution is 2.24. The lowest BCUT2D eigenvalue weighted by Gasteiger charge is -1.98. The maximum Gasteiger partial charge on any atom is 0.127 e. The summed E-state index contributed by atoms with van der Waals surface area (Å²) in [6.07, 6.45) is 0. The van der Waals surface area contributed by atoms with Crippen molar-refractivity contribution in [1.82, 2.24) is 0 Å². The molecule has 0 nitrogen and oxygen atoms in total. The van der Waals surface area contributed by atoms with Gasteiger partial charge in [-0.25, -0.2) is 4.39 Å². The summed E-state index contributed by atoms with van der Waals surface area (Å²) in [6, 6.07) is 2.94. The molecule has 3 heteroatoms. The van der Waals surface area contributed by atoms with Crippen LogP contribution in [0.1, 0.15) is 5.56 Å². The molecule has 0 atom stereocenters. The average molecular weight is 223 g/mol. The molecule has 0 bridgehead atoms. The van der Waals surface area contributed by atoms with Gasteiger partial charge in [-0.15, -0.1) is 0 Å². The molecule has 1 aromatic rings. The molecule has 0 saturated carbocycles. The molecule has 0 aliphatic carbocycles. The lowest BCUT2D eigenvalue weighted by atomic mass is 10.2. The van der Waals surface area contributed by atoms with Gasteiger partial charge in [0.2, 0.25) is 0 Å². The van der Waals surface area contributed by atoms with Crippen LogP contribution < -0.4 is 0 Å². The summed E-state index contributed by atoms with van der Waals surface area (Å²) in [5, 5.41) is 0.541. The second-order valence-electron chi connectivity index (χ2n) is 2.02. The summed E-state index contributed by atoms with van der Waals surface area (Å²) in [7, 11) is 0. The third kappa shape index (κ3) is 1.50. The SMILES string of the molecule is Cc1cc(Cl)c(Br)cc1F. The monoisotopic (exact) mass is 222 g/mol. The van der Waals surface area contributed by atoms with E-state index >= 15 is 0 Å². The van der Waals surface area contributed by atoms with E-state index < -0.39 is 0 Å². The highest BCUT2D eigenvalue weighted by molar-refractivity contribution is 9.10. The van der Waals surface area contributed by atoms with Crippen molar-refractivity contribution in [2.24, 2.45) is 0 Å². The van der Waals surface area contributed by atoms with Gasteiger partial charge in [-0.05, 0) is 40.5 Å². The average Bonchev–Trinajstić information content (AvgIpc) is 1.84. The van der Waals surface area contributed by atoms with Gasteiger partial charge in [-0.2, -0.15) is 0 Å². The van der Waals surface area contributed by atoms with Crippen molar-refractivity contribution >= 4 is 27.5 Å². The van der Waals surface area contributed by atoms with Crippen molar-refractivity contribution in [3.63, 3.8) is 0 Å². The maximum atomic E-state index is 12.7. The smallest absolute Gasteiger partial charge is 0.127 e. The summed E-state index contributed by atoms with van der Waals surface area (Å²) >= 11 is 8.78. The molecule has 10 heavy (non-hydrogen) atoms. The van der Waals surface area contributed by atoms with Crippen molar-refractivity contribution in [3.8, 4) is 0 Å². The first kappa shape index (κ1) is 8.02. The number of benzene rings is 1. The third-order valence-electron chi connectivity index (χ3n) is 1.20. The molecule has 54 valence electrons. The molecule has 1 rings (SSSR count). The van der Waals surface area contributed by atoms with Gasteiger partial charge in [0.25, 0.3) is 0 Å². The van der Waals surface area contributed by atoms with E-state index in [4.69, 9.17) is 11.6 Å². The standard InChI is InChI=1S/C7H5BrClF/c1-4-2-6(9)5(8)3-7(4)10/h2-3H,1H3. The summed E-state index contributed by atoms with van der Waals surface area (Å²) in [6.45, 7) is 1.67. The van der Waals surface area contributed by atoms with Crippen LogP contribution in [0.4, 0.5) is 4.39 Å². The molecule has 0 saturated heterocycles. The third-order valence-corrected chi connectivity index (χ3v) is 2.40. The number of aryl methyl sites for hydroxylation is 1. The van der Waals surface area contributed by atoms with Gasteiger partial charge < -0.3 is 0 Å². The van der Waals surface area contributed by atoms with Crippen molar-refractivity contribution < 1.29 is 4.39 Å². The minimum absolute atomic E-state index is 0.240. The molecule has 0 heterocycles. The van der Waals surface area contributed by atoms with Crippen LogP contribution in [0.15, 0.2) is 16.6 Å². The van der Waals surface area contributed by atoms with Gasteiger partial charge in [0.1, 0.15) is 5.82 Å². The van der Waals surface area contributed by atoms with E-state index in [0.717, 1.165) is 0 Å². The van der Waals surface area contributed by atoms with Crippen LogP contribution in [-0.4, -0.2) is 0 Å². The zero-order chi connectivity index (χ0) is 7.72. The molecule has 0 aliphatic rings. The molecule has 0 aliphatic heterocycles. The van der Waals surface area contributed by atoms with E-state index in [1.54, 1.807) is 13.0 Å². The highest BCUT2D eigenvalue weighted by atomic mass is 79.9. The van der Waals surface area contributed by atoms with Crippen LogP contribution in [0.3, 0.4) is 0 Å². The number of rotatable bonds is 0. The fourth-order valence-corrected chi connectivity index (χ4v) is 1.16. The second-order valence-corrected chi connectivity index (χ2v) is 3.28. The lowest BCUT2D eigenvalue weighted by Crippen LogP contribution is -1.81. The van der Waals surface area contributed by atoms with E-state index in [9.17, 15) is 4.39 Å². The Bertz CT molecular complexity index is 210. The van der Waals surface area contributed by atoms with Crippen molar-refractivity contribution in [2.45, 2.75) is 6.92 Å². The largest absolute Gasteiger partial charge is 0.207 e. The van der Waals surface area contributed by atoms with Gasteiger partial charge in [-0.3, -0.25) is 0 Å². The molecule has 0 unspecified atom stereocenters. The van der Waals surface area contributed by atoms with Crippen LogP contribution in [0.5, 0.6) is 0 Å². The second kappa shape index (κ2) is 2.89. The van der Waals surface area contributed by atoms with E-state index in [-0.39, 0.29) is 5.82 Å². The Morgan fingerprint density at radius 2 is 2.10 bits per heavy atom. The quantitative estimate of drug-likeness (QED) is 0.590. The molecule has 0 spiro atoms. The fraction of sp³-hybridized carbons (Fsp3) is 0.143. The fourth-order valence-electron chi connectivity index (χ4n) is 0.622. The lowest BCUT2D eigenvalue weighted by molar-refractivity contribution is 0.617. The first-order chi connectivity index (χ1) is 4.61. The minimum atomic E-state index is -0.240. The molecule has 0 fully saturated rings. The van der Waals surface area contributed by atoms with E-state index in [0.29, 0.717) is 15.1 Å². The summed E-state index contributed by atoms with van der Waals surface area (Å²) < 4.78 is 13.3. The minimum Gasteiger partial charge on any atom is -0.207 e. The summed E-state index contributed by atoms with van der Waals surface area (Å²) in [4.78, 5) is 0. The molecular formula is C7H5BrClF. The van der Waals surface area contributed by atoms with Gasteiger partial charge in [0.05, 0.1) is 5.02 Å². The predicted molar refractivity (Wildman–Crippen MR) is 43.8 cm³/mol. The summed E-state index contributed by atoms with van der Waals surface area (Å²) in [5.41, 5.74) is 0.563. The predicted octanol–water partition coefficient (Wildman–Crippen LogP) is 3.55. The first-order valence-corrected chi connectivity index (χ1v) is 3.89. The van der Waals surface area contributed by atoms with E-state index in [2.05, 4.69) is 15.9 Å². The molecular weight excluding hydrogens is 218 g/mol. The number of hydrogen-bond acceptors (Lipinski definition) is 0. The van der Waals surface area contributed by atoms with Crippen LogP contribution >= 0.6 is 27.5 Å². The van der Waals surface area contributed by atoms with Gasteiger partial charge in [0, 0.05) is 4.47 Å². The van der Waals surface area contributed by atoms with Gasteiger partial charge >= 0.3 is 0 Å². The van der Waals surface area contributed by atoms with E-state index in [1.807, 2.05) is 0 Å². The van der Waals surface area contributed by atoms with Crippen molar-refractivity contribution in [1.29, 1.82) is 0 Å². The zero-order valence-corrected chi connectivity index (χ0v) is 7.63. The topological polar surface area (TPSA) is 0 Å². The van der Waals surface area contributed by atoms with E-state index in [1.165, 1.54) is 6.07 Å². The first-order valence-electron chi connectivity index (χ1n) is 2.72. The molecule has 0 amide bonds. The number of halogens is 3. The van der Waals surface area contributed by atoms with Gasteiger partial charge in [-0.1, -0.05) is 11.6 Å². The van der Waals surface area contributed by atoms with Gasteiger partial charge in [0.15, 0.2) is 0 Å². The Labute approximate surface area is 72.1 Å². The van der Waals surface area contributed by atoms with Crippen LogP contribution in [-0.2, 0) is 0 Å². The Morgan fingerprint density at radius 1 is 1.50 bits per heavy atom. The Kier molecular flexibility index (Phi) is 2.32. The van der Waals surface area contributed by atoms with Crippen molar-refractivity contribution in [3.05, 3.63) is 33.0 Å². The number of hydrogen-bond donors (Lipinski definition) is 0. The van der Waals surface area contributed by atoms with Crippen LogP contribution in [0.25, 0.3) is 0 Å².